The number of benzene rings is 2. The van der Waals surface area contributed by atoms with Crippen molar-refractivity contribution >= 4 is 46.7 Å². The molecule has 3 atom stereocenters. The van der Waals surface area contributed by atoms with Crippen molar-refractivity contribution in [2.24, 2.45) is 17.8 Å². The van der Waals surface area contributed by atoms with E-state index in [1.165, 1.54) is 31.4 Å². The number of ether oxygens (including phenoxy) is 1. The van der Waals surface area contributed by atoms with Gasteiger partial charge < -0.3 is 4.74 Å². The molecule has 0 aromatic heterocycles. The molecule has 0 bridgehead atoms. The highest BCUT2D eigenvalue weighted by molar-refractivity contribution is 6.36. The van der Waals surface area contributed by atoms with Crippen LogP contribution in [-0.4, -0.2) is 47.2 Å². The van der Waals surface area contributed by atoms with Crippen LogP contribution < -0.4 is 4.74 Å². The van der Waals surface area contributed by atoms with E-state index < -0.39 is 41.9 Å². The van der Waals surface area contributed by atoms with Gasteiger partial charge in [0.25, 0.3) is 17.7 Å². The number of Topliss-reactive ketones (excluding diaryl/α,β-unsaturated/α-hetero) is 1. The van der Waals surface area contributed by atoms with Crippen LogP contribution >= 0.6 is 23.2 Å². The summed E-state index contributed by atoms with van der Waals surface area (Å²) in [5, 5.41) is 2.17. The average Bonchev–Trinajstić information content (AvgIpc) is 3.06. The topological polar surface area (TPSA) is 84.0 Å². The summed E-state index contributed by atoms with van der Waals surface area (Å²) in [6.45, 7) is 1.52. The third kappa shape index (κ3) is 4.55. The third-order valence-corrected chi connectivity index (χ3v) is 7.03. The van der Waals surface area contributed by atoms with Crippen LogP contribution in [0.25, 0.3) is 0 Å². The first-order valence-corrected chi connectivity index (χ1v) is 11.8. The Bertz CT molecular complexity index is 1170. The number of hydrazine groups is 1. The molecule has 34 heavy (non-hydrogen) atoms. The van der Waals surface area contributed by atoms with Crippen LogP contribution in [0.1, 0.15) is 46.9 Å². The number of hydrogen-bond donors (Lipinski definition) is 0. The van der Waals surface area contributed by atoms with E-state index in [4.69, 9.17) is 27.9 Å². The fourth-order valence-electron chi connectivity index (χ4n) is 4.67. The number of carbonyl (C=O) groups excluding carboxylic acids is 4. The number of halogens is 2. The number of nitrogens with zero attached hydrogens (tertiary/aromatic N) is 2. The van der Waals surface area contributed by atoms with E-state index in [0.717, 1.165) is 16.4 Å². The number of amides is 3. The van der Waals surface area contributed by atoms with Crippen LogP contribution in [0.2, 0.25) is 10.0 Å². The minimum Gasteiger partial charge on any atom is -0.497 e. The number of ketones is 1. The molecule has 2 aromatic carbocycles. The Hall–Kier alpha value is -2.90. The van der Waals surface area contributed by atoms with Crippen molar-refractivity contribution in [3.63, 3.8) is 0 Å². The quantitative estimate of drug-likeness (QED) is 0.423. The van der Waals surface area contributed by atoms with E-state index >= 15 is 0 Å². The molecule has 0 spiro atoms. The van der Waals surface area contributed by atoms with Gasteiger partial charge in [-0.05, 0) is 55.5 Å². The second-order valence-corrected chi connectivity index (χ2v) is 9.61. The molecular weight excluding hydrogens is 479 g/mol. The summed E-state index contributed by atoms with van der Waals surface area (Å²) in [5.74, 6) is -2.33. The van der Waals surface area contributed by atoms with Gasteiger partial charge in [0.05, 0.1) is 29.5 Å². The summed E-state index contributed by atoms with van der Waals surface area (Å²) in [5.41, 5.74) is 0.317. The van der Waals surface area contributed by atoms with Crippen molar-refractivity contribution in [2.45, 2.75) is 26.2 Å². The summed E-state index contributed by atoms with van der Waals surface area (Å²) in [4.78, 5) is 53.4. The largest absolute Gasteiger partial charge is 0.497 e. The summed E-state index contributed by atoms with van der Waals surface area (Å²) in [7, 11) is 1.48. The molecule has 2 fully saturated rings. The van der Waals surface area contributed by atoms with E-state index in [1.807, 2.05) is 6.92 Å². The van der Waals surface area contributed by atoms with Crippen molar-refractivity contribution in [1.82, 2.24) is 10.0 Å². The highest BCUT2D eigenvalue weighted by Gasteiger charge is 2.53. The van der Waals surface area contributed by atoms with Gasteiger partial charge in [0.2, 0.25) is 0 Å². The maximum Gasteiger partial charge on any atom is 0.274 e. The van der Waals surface area contributed by atoms with Gasteiger partial charge in [-0.3, -0.25) is 19.2 Å². The van der Waals surface area contributed by atoms with Gasteiger partial charge in [0, 0.05) is 10.6 Å². The first-order valence-electron chi connectivity index (χ1n) is 11.0. The molecule has 1 aliphatic carbocycles. The van der Waals surface area contributed by atoms with Gasteiger partial charge >= 0.3 is 0 Å². The molecular formula is C25H24Cl2N2O5. The Balaban J connectivity index is 1.72. The van der Waals surface area contributed by atoms with E-state index in [1.54, 1.807) is 18.2 Å². The number of rotatable bonds is 6. The summed E-state index contributed by atoms with van der Waals surface area (Å²) in [6, 6.07) is 10.7. The van der Waals surface area contributed by atoms with Crippen molar-refractivity contribution in [1.29, 1.82) is 0 Å². The van der Waals surface area contributed by atoms with E-state index in [-0.39, 0.29) is 16.1 Å². The maximum atomic E-state index is 13.6. The fourth-order valence-corrected chi connectivity index (χ4v) is 5.16. The van der Waals surface area contributed by atoms with Crippen LogP contribution in [0.3, 0.4) is 0 Å². The molecule has 3 amide bonds. The molecule has 2 aromatic rings. The number of imide groups is 1. The number of hydrogen-bond acceptors (Lipinski definition) is 5. The lowest BCUT2D eigenvalue weighted by Crippen LogP contribution is -2.52. The second kappa shape index (κ2) is 9.76. The molecule has 9 heteroatoms. The third-order valence-electron chi connectivity index (χ3n) is 6.49. The van der Waals surface area contributed by atoms with Crippen LogP contribution in [0.15, 0.2) is 42.5 Å². The lowest BCUT2D eigenvalue weighted by Gasteiger charge is -2.30. The Morgan fingerprint density at radius 1 is 1.06 bits per heavy atom. The molecule has 0 radical (unpaired) electrons. The minimum absolute atomic E-state index is 0.0355. The summed E-state index contributed by atoms with van der Waals surface area (Å²) >= 11 is 12.2. The van der Waals surface area contributed by atoms with Gasteiger partial charge in [-0.15, -0.1) is 0 Å². The molecule has 7 nitrogen and oxygen atoms in total. The van der Waals surface area contributed by atoms with Gasteiger partial charge in [0.15, 0.2) is 5.78 Å². The first-order chi connectivity index (χ1) is 16.2. The normalized spacial score (nSPS) is 21.9. The van der Waals surface area contributed by atoms with Gasteiger partial charge in [0.1, 0.15) is 12.3 Å². The lowest BCUT2D eigenvalue weighted by molar-refractivity contribution is -0.154. The SMILES string of the molecule is COc1cccc(C(=O)CN(C(=O)c2ccc(Cl)cc2Cl)N2C(=O)[C@H]3C[C@@H](C)CC[C@H]3C2=O)c1. The Labute approximate surface area is 207 Å². The monoisotopic (exact) mass is 502 g/mol. The zero-order valence-electron chi connectivity index (χ0n) is 18.8. The highest BCUT2D eigenvalue weighted by atomic mass is 35.5. The van der Waals surface area contributed by atoms with Crippen molar-refractivity contribution < 1.29 is 23.9 Å². The predicted molar refractivity (Wildman–Crippen MR) is 127 cm³/mol. The smallest absolute Gasteiger partial charge is 0.274 e. The molecule has 1 saturated heterocycles. The highest BCUT2D eigenvalue weighted by Crippen LogP contribution is 2.41. The summed E-state index contributed by atoms with van der Waals surface area (Å²) < 4.78 is 5.18. The van der Waals surface area contributed by atoms with Crippen LogP contribution in [0, 0.1) is 17.8 Å². The molecule has 1 heterocycles. The van der Waals surface area contributed by atoms with Crippen molar-refractivity contribution in [3.05, 3.63) is 63.6 Å². The van der Waals surface area contributed by atoms with Crippen molar-refractivity contribution in [3.8, 4) is 5.75 Å². The Morgan fingerprint density at radius 3 is 2.50 bits per heavy atom. The van der Waals surface area contributed by atoms with E-state index in [2.05, 4.69) is 0 Å². The van der Waals surface area contributed by atoms with Crippen LogP contribution in [0.5, 0.6) is 5.75 Å². The van der Waals surface area contributed by atoms with Gasteiger partial charge in [-0.25, -0.2) is 5.01 Å². The first kappa shape index (κ1) is 24.2. The maximum absolute atomic E-state index is 13.6. The van der Waals surface area contributed by atoms with E-state index in [0.29, 0.717) is 29.5 Å². The van der Waals surface area contributed by atoms with Gasteiger partial charge in [-0.2, -0.15) is 5.01 Å². The lowest BCUT2D eigenvalue weighted by atomic mass is 9.76. The fraction of sp³-hybridized carbons (Fsp3) is 0.360. The second-order valence-electron chi connectivity index (χ2n) is 8.76. The number of methoxy groups -OCH3 is 1. The molecule has 0 unspecified atom stereocenters. The zero-order valence-corrected chi connectivity index (χ0v) is 20.3. The molecule has 178 valence electrons. The standard InChI is InChI=1S/C25H24Cl2N2O5/c1-14-6-8-18-20(10-14)25(33)29(24(18)32)28(23(31)19-9-7-16(26)12-21(19)27)13-22(30)15-4-3-5-17(11-15)34-2/h3-5,7,9,11-12,14,18,20H,6,8,10,13H2,1-2H3/t14-,18+,20-/m0/s1. The number of carbonyl (C=O) groups is 4. The zero-order chi connectivity index (χ0) is 24.6. The predicted octanol–water partition coefficient (Wildman–Crippen LogP) is 4.66. The van der Waals surface area contributed by atoms with E-state index in [9.17, 15) is 19.2 Å². The molecule has 4 rings (SSSR count). The van der Waals surface area contributed by atoms with Crippen LogP contribution in [0.4, 0.5) is 0 Å². The Morgan fingerprint density at radius 2 is 1.79 bits per heavy atom. The minimum atomic E-state index is -0.730. The Kier molecular flexibility index (Phi) is 6.96. The van der Waals surface area contributed by atoms with Gasteiger partial charge in [-0.1, -0.05) is 42.3 Å². The molecule has 2 aliphatic rings. The average molecular weight is 503 g/mol. The molecule has 1 saturated carbocycles. The molecule has 1 aliphatic heterocycles. The van der Waals surface area contributed by atoms with Crippen molar-refractivity contribution in [2.75, 3.05) is 13.7 Å². The molecule has 0 N–H and O–H groups in total. The number of fused-ring (bicyclic) bond motifs is 1. The van der Waals surface area contributed by atoms with Crippen LogP contribution in [-0.2, 0) is 9.59 Å². The summed E-state index contributed by atoms with van der Waals surface area (Å²) in [6.07, 6.45) is 1.97.